The maximum Gasteiger partial charge on any atom is 0.241 e. The number of nitrogens with two attached hydrogens (primary N) is 1. The zero-order valence-corrected chi connectivity index (χ0v) is 9.99. The van der Waals surface area contributed by atoms with Gasteiger partial charge in [0.15, 0.2) is 5.17 Å². The average molecular weight is 235 g/mol. The second-order valence-corrected chi connectivity index (χ2v) is 5.14. The topological polar surface area (TPSA) is 58.7 Å². The van der Waals surface area contributed by atoms with Gasteiger partial charge < -0.3 is 5.73 Å². The zero-order chi connectivity index (χ0) is 11.8. The van der Waals surface area contributed by atoms with E-state index >= 15 is 0 Å². The lowest BCUT2D eigenvalue weighted by Gasteiger charge is -2.30. The molecule has 1 amide bonds. The molecule has 5 heteroatoms. The summed E-state index contributed by atoms with van der Waals surface area (Å²) in [5, 5.41) is 5.91. The SMILES string of the molecule is CC(=O)N1N=C(N)S[C@@]1(C)c1ccccc1. The van der Waals surface area contributed by atoms with Crippen molar-refractivity contribution in [3.8, 4) is 0 Å². The number of amidine groups is 1. The fourth-order valence-electron chi connectivity index (χ4n) is 1.76. The number of nitrogens with zero attached hydrogens (tertiary/aromatic N) is 2. The number of benzene rings is 1. The van der Waals surface area contributed by atoms with Gasteiger partial charge in [-0.3, -0.25) is 4.79 Å². The molecule has 1 aliphatic rings. The van der Waals surface area contributed by atoms with Crippen LogP contribution in [0.2, 0.25) is 0 Å². The number of rotatable bonds is 1. The number of carbonyl (C=O) groups excluding carboxylic acids is 1. The van der Waals surface area contributed by atoms with Crippen LogP contribution >= 0.6 is 11.8 Å². The number of thioether (sulfide) groups is 1. The van der Waals surface area contributed by atoms with Gasteiger partial charge in [-0.1, -0.05) is 42.1 Å². The van der Waals surface area contributed by atoms with Gasteiger partial charge in [0.05, 0.1) is 0 Å². The molecule has 0 spiro atoms. The van der Waals surface area contributed by atoms with Crippen molar-refractivity contribution in [1.82, 2.24) is 5.01 Å². The normalized spacial score (nSPS) is 24.4. The number of carbonyl (C=O) groups is 1. The van der Waals surface area contributed by atoms with Gasteiger partial charge in [-0.05, 0) is 12.5 Å². The first-order valence-electron chi connectivity index (χ1n) is 4.93. The molecule has 0 radical (unpaired) electrons. The number of hydrazone groups is 1. The lowest BCUT2D eigenvalue weighted by Crippen LogP contribution is -2.37. The highest BCUT2D eigenvalue weighted by Crippen LogP contribution is 2.44. The molecule has 16 heavy (non-hydrogen) atoms. The quantitative estimate of drug-likeness (QED) is 0.805. The minimum atomic E-state index is -0.531. The summed E-state index contributed by atoms with van der Waals surface area (Å²) in [6, 6.07) is 9.75. The van der Waals surface area contributed by atoms with E-state index in [1.807, 2.05) is 37.3 Å². The standard InChI is InChI=1S/C11H13N3OS/c1-8(15)14-11(2,16-10(12)13-14)9-6-4-3-5-7-9/h3-7H,1-2H3,(H2,12,13)/t11-/m0/s1. The van der Waals surface area contributed by atoms with Crippen LogP contribution in [0.3, 0.4) is 0 Å². The largest absolute Gasteiger partial charge is 0.377 e. The van der Waals surface area contributed by atoms with Crippen LogP contribution in [0.4, 0.5) is 0 Å². The highest BCUT2D eigenvalue weighted by atomic mass is 32.2. The van der Waals surface area contributed by atoms with Gasteiger partial charge in [-0.15, -0.1) is 5.10 Å². The first kappa shape index (κ1) is 11.0. The smallest absolute Gasteiger partial charge is 0.241 e. The maximum absolute atomic E-state index is 11.5. The van der Waals surface area contributed by atoms with Crippen molar-refractivity contribution in [2.45, 2.75) is 18.7 Å². The van der Waals surface area contributed by atoms with E-state index in [9.17, 15) is 4.79 Å². The van der Waals surface area contributed by atoms with Crippen LogP contribution in [0, 0.1) is 0 Å². The van der Waals surface area contributed by atoms with E-state index in [1.54, 1.807) is 0 Å². The summed E-state index contributed by atoms with van der Waals surface area (Å²) in [6.45, 7) is 3.43. The van der Waals surface area contributed by atoms with E-state index in [0.29, 0.717) is 5.17 Å². The van der Waals surface area contributed by atoms with Crippen molar-refractivity contribution in [2.75, 3.05) is 0 Å². The Kier molecular flexibility index (Phi) is 2.63. The predicted molar refractivity (Wildman–Crippen MR) is 65.5 cm³/mol. The van der Waals surface area contributed by atoms with E-state index in [2.05, 4.69) is 5.10 Å². The first-order valence-corrected chi connectivity index (χ1v) is 5.75. The highest BCUT2D eigenvalue weighted by molar-refractivity contribution is 8.14. The Labute approximate surface area is 98.5 Å². The Bertz CT molecular complexity index is 446. The van der Waals surface area contributed by atoms with Gasteiger partial charge in [-0.25, -0.2) is 5.01 Å². The molecule has 0 aromatic heterocycles. The molecule has 84 valence electrons. The van der Waals surface area contributed by atoms with E-state index in [1.165, 1.54) is 23.7 Å². The lowest BCUT2D eigenvalue weighted by atomic mass is 10.1. The Balaban J connectivity index is 2.43. The molecule has 1 aliphatic heterocycles. The molecule has 0 saturated heterocycles. The molecule has 1 aromatic rings. The third-order valence-electron chi connectivity index (χ3n) is 2.51. The Morgan fingerprint density at radius 1 is 1.44 bits per heavy atom. The van der Waals surface area contributed by atoms with E-state index < -0.39 is 4.87 Å². The second kappa shape index (κ2) is 3.83. The van der Waals surface area contributed by atoms with Crippen molar-refractivity contribution < 1.29 is 4.79 Å². The second-order valence-electron chi connectivity index (χ2n) is 3.72. The van der Waals surface area contributed by atoms with Crippen LogP contribution in [0.25, 0.3) is 0 Å². The number of hydrogen-bond donors (Lipinski definition) is 1. The van der Waals surface area contributed by atoms with E-state index in [-0.39, 0.29) is 5.91 Å². The maximum atomic E-state index is 11.5. The third kappa shape index (κ3) is 1.67. The monoisotopic (exact) mass is 235 g/mol. The molecule has 1 heterocycles. The summed E-state index contributed by atoms with van der Waals surface area (Å²) >= 11 is 1.39. The van der Waals surface area contributed by atoms with Crippen molar-refractivity contribution in [3.05, 3.63) is 35.9 Å². The average Bonchev–Trinajstić information content (AvgIpc) is 2.57. The summed E-state index contributed by atoms with van der Waals surface area (Å²) in [7, 11) is 0. The van der Waals surface area contributed by atoms with Gasteiger partial charge in [-0.2, -0.15) is 0 Å². The fraction of sp³-hybridized carbons (Fsp3) is 0.273. The van der Waals surface area contributed by atoms with E-state index in [0.717, 1.165) is 5.56 Å². The number of amides is 1. The molecule has 0 aliphatic carbocycles. The van der Waals surface area contributed by atoms with Crippen LogP contribution in [-0.2, 0) is 9.67 Å². The molecule has 1 atom stereocenters. The summed E-state index contributed by atoms with van der Waals surface area (Å²) in [4.78, 5) is 11.0. The molecule has 2 rings (SSSR count). The van der Waals surface area contributed by atoms with Crippen LogP contribution in [0.5, 0.6) is 0 Å². The summed E-state index contributed by atoms with van der Waals surface area (Å²) in [6.07, 6.45) is 0. The Hall–Kier alpha value is -1.49. The Morgan fingerprint density at radius 2 is 2.06 bits per heavy atom. The predicted octanol–water partition coefficient (Wildman–Crippen LogP) is 1.68. The van der Waals surface area contributed by atoms with Gasteiger partial charge in [0, 0.05) is 6.92 Å². The minimum Gasteiger partial charge on any atom is -0.377 e. The molecular weight excluding hydrogens is 222 g/mol. The Morgan fingerprint density at radius 3 is 2.62 bits per heavy atom. The summed E-state index contributed by atoms with van der Waals surface area (Å²) < 4.78 is 0. The van der Waals surface area contributed by atoms with Gasteiger partial charge in [0.1, 0.15) is 4.87 Å². The van der Waals surface area contributed by atoms with Crippen LogP contribution in [-0.4, -0.2) is 16.1 Å². The molecular formula is C11H13N3OS. The molecule has 0 saturated carbocycles. The molecule has 0 fully saturated rings. The van der Waals surface area contributed by atoms with E-state index in [4.69, 9.17) is 5.73 Å². The zero-order valence-electron chi connectivity index (χ0n) is 9.18. The fourth-order valence-corrected chi connectivity index (χ4v) is 2.80. The van der Waals surface area contributed by atoms with Crippen LogP contribution in [0.1, 0.15) is 19.4 Å². The molecule has 1 aromatic carbocycles. The van der Waals surface area contributed by atoms with Crippen LogP contribution in [0.15, 0.2) is 35.4 Å². The van der Waals surface area contributed by atoms with Gasteiger partial charge in [0.2, 0.25) is 5.91 Å². The van der Waals surface area contributed by atoms with Crippen molar-refractivity contribution in [1.29, 1.82) is 0 Å². The molecule has 2 N–H and O–H groups in total. The summed E-state index contributed by atoms with van der Waals surface area (Å²) in [5.41, 5.74) is 6.71. The van der Waals surface area contributed by atoms with Crippen molar-refractivity contribution in [3.63, 3.8) is 0 Å². The first-order chi connectivity index (χ1) is 7.54. The van der Waals surface area contributed by atoms with Crippen molar-refractivity contribution >= 4 is 22.8 Å². The van der Waals surface area contributed by atoms with Gasteiger partial charge in [0.25, 0.3) is 0 Å². The van der Waals surface area contributed by atoms with Crippen LogP contribution < -0.4 is 5.73 Å². The minimum absolute atomic E-state index is 0.112. The van der Waals surface area contributed by atoms with Crippen molar-refractivity contribution in [2.24, 2.45) is 10.8 Å². The number of hydrogen-bond acceptors (Lipinski definition) is 4. The highest BCUT2D eigenvalue weighted by Gasteiger charge is 2.42. The summed E-state index contributed by atoms with van der Waals surface area (Å²) in [5.74, 6) is -0.112. The third-order valence-corrected chi connectivity index (χ3v) is 3.61. The van der Waals surface area contributed by atoms with Gasteiger partial charge >= 0.3 is 0 Å². The molecule has 0 unspecified atom stereocenters. The molecule has 0 bridgehead atoms. The lowest BCUT2D eigenvalue weighted by molar-refractivity contribution is -0.131. The molecule has 4 nitrogen and oxygen atoms in total.